The van der Waals surface area contributed by atoms with Crippen LogP contribution in [0.25, 0.3) is 0 Å². The number of nitrogens with zero attached hydrogens (tertiary/aromatic N) is 2. The third-order valence-corrected chi connectivity index (χ3v) is 3.59. The van der Waals surface area contributed by atoms with Crippen LogP contribution in [-0.2, 0) is 7.05 Å². The maximum Gasteiger partial charge on any atom is 0.0585 e. The van der Waals surface area contributed by atoms with Crippen LogP contribution in [0.5, 0.6) is 0 Å². The molecule has 0 aliphatic carbocycles. The molecule has 3 nitrogen and oxygen atoms in total. The molecule has 0 saturated heterocycles. The van der Waals surface area contributed by atoms with Gasteiger partial charge in [-0.2, -0.15) is 5.10 Å². The summed E-state index contributed by atoms with van der Waals surface area (Å²) in [6.45, 7) is 2.07. The molecule has 0 bridgehead atoms. The van der Waals surface area contributed by atoms with Crippen LogP contribution in [0.3, 0.4) is 0 Å². The van der Waals surface area contributed by atoms with Crippen molar-refractivity contribution in [3.05, 3.63) is 51.8 Å². The van der Waals surface area contributed by atoms with E-state index >= 15 is 0 Å². The van der Waals surface area contributed by atoms with Crippen LogP contribution in [0.2, 0.25) is 0 Å². The van der Waals surface area contributed by atoms with E-state index in [1.807, 2.05) is 31.6 Å². The van der Waals surface area contributed by atoms with Crippen LogP contribution in [0.4, 0.5) is 0 Å². The third-order valence-electron chi connectivity index (χ3n) is 2.73. The first-order chi connectivity index (χ1) is 7.59. The first-order valence-corrected chi connectivity index (χ1v) is 5.88. The van der Waals surface area contributed by atoms with Crippen LogP contribution < -0.4 is 5.73 Å². The molecule has 1 heterocycles. The number of aryl methyl sites for hydroxylation is 1. The lowest BCUT2D eigenvalue weighted by molar-refractivity contribution is 0.764. The Bertz CT molecular complexity index is 505. The smallest absolute Gasteiger partial charge is 0.0585 e. The van der Waals surface area contributed by atoms with E-state index in [1.165, 1.54) is 5.56 Å². The molecule has 1 unspecified atom stereocenters. The van der Waals surface area contributed by atoms with E-state index in [9.17, 15) is 0 Å². The Morgan fingerprint density at radius 1 is 1.44 bits per heavy atom. The zero-order valence-corrected chi connectivity index (χ0v) is 10.9. The predicted octanol–water partition coefficient (Wildman–Crippen LogP) is 2.54. The lowest BCUT2D eigenvalue weighted by Crippen LogP contribution is -2.12. The summed E-state index contributed by atoms with van der Waals surface area (Å²) in [6.07, 6.45) is 3.76. The second-order valence-corrected chi connectivity index (χ2v) is 4.73. The molecular formula is C12H14BrN3. The van der Waals surface area contributed by atoms with E-state index in [1.54, 1.807) is 4.68 Å². The summed E-state index contributed by atoms with van der Waals surface area (Å²) in [5.74, 6) is 0. The van der Waals surface area contributed by atoms with Gasteiger partial charge in [-0.15, -0.1) is 0 Å². The van der Waals surface area contributed by atoms with Crippen molar-refractivity contribution in [3.63, 3.8) is 0 Å². The molecule has 1 aromatic carbocycles. The number of halogens is 1. The van der Waals surface area contributed by atoms with Crippen molar-refractivity contribution < 1.29 is 0 Å². The topological polar surface area (TPSA) is 43.8 Å². The van der Waals surface area contributed by atoms with Gasteiger partial charge in [0.15, 0.2) is 0 Å². The molecule has 1 atom stereocenters. The van der Waals surface area contributed by atoms with Crippen molar-refractivity contribution in [2.24, 2.45) is 12.8 Å². The molecule has 2 aromatic rings. The van der Waals surface area contributed by atoms with Gasteiger partial charge in [0, 0.05) is 23.3 Å². The highest BCUT2D eigenvalue weighted by molar-refractivity contribution is 9.10. The molecule has 0 aliphatic rings. The van der Waals surface area contributed by atoms with Crippen molar-refractivity contribution in [2.45, 2.75) is 13.0 Å². The molecular weight excluding hydrogens is 266 g/mol. The third kappa shape index (κ3) is 2.03. The number of hydrogen-bond donors (Lipinski definition) is 1. The van der Waals surface area contributed by atoms with Crippen molar-refractivity contribution in [2.75, 3.05) is 0 Å². The van der Waals surface area contributed by atoms with Gasteiger partial charge in [0.1, 0.15) is 0 Å². The summed E-state index contributed by atoms with van der Waals surface area (Å²) in [7, 11) is 1.89. The van der Waals surface area contributed by atoms with Crippen LogP contribution in [-0.4, -0.2) is 9.78 Å². The molecule has 1 aromatic heterocycles. The standard InChI is InChI=1S/C12H14BrN3/c1-8-10(4-3-5-11(8)13)12(14)9-6-15-16(2)7-9/h3-7,12H,14H2,1-2H3. The van der Waals surface area contributed by atoms with Crippen molar-refractivity contribution >= 4 is 15.9 Å². The highest BCUT2D eigenvalue weighted by Gasteiger charge is 2.13. The van der Waals surface area contributed by atoms with E-state index in [0.29, 0.717) is 0 Å². The minimum absolute atomic E-state index is 0.119. The highest BCUT2D eigenvalue weighted by atomic mass is 79.9. The number of nitrogens with two attached hydrogens (primary N) is 1. The van der Waals surface area contributed by atoms with Gasteiger partial charge < -0.3 is 5.73 Å². The lowest BCUT2D eigenvalue weighted by Gasteiger charge is -2.14. The van der Waals surface area contributed by atoms with Gasteiger partial charge in [-0.3, -0.25) is 4.68 Å². The Balaban J connectivity index is 2.41. The molecule has 16 heavy (non-hydrogen) atoms. The fourth-order valence-corrected chi connectivity index (χ4v) is 2.12. The Labute approximate surface area is 103 Å². The van der Waals surface area contributed by atoms with Gasteiger partial charge in [-0.1, -0.05) is 28.1 Å². The second-order valence-electron chi connectivity index (χ2n) is 3.88. The van der Waals surface area contributed by atoms with Crippen LogP contribution >= 0.6 is 15.9 Å². The van der Waals surface area contributed by atoms with Gasteiger partial charge in [-0.25, -0.2) is 0 Å². The molecule has 4 heteroatoms. The van der Waals surface area contributed by atoms with Gasteiger partial charge in [0.05, 0.1) is 12.2 Å². The molecule has 0 aliphatic heterocycles. The molecule has 2 rings (SSSR count). The predicted molar refractivity (Wildman–Crippen MR) is 68.1 cm³/mol. The zero-order valence-electron chi connectivity index (χ0n) is 9.31. The van der Waals surface area contributed by atoms with E-state index in [4.69, 9.17) is 5.73 Å². The SMILES string of the molecule is Cc1c(Br)cccc1C(N)c1cnn(C)c1. The fraction of sp³-hybridized carbons (Fsp3) is 0.250. The number of hydrogen-bond acceptors (Lipinski definition) is 2. The minimum atomic E-state index is -0.119. The first-order valence-electron chi connectivity index (χ1n) is 5.08. The highest BCUT2D eigenvalue weighted by Crippen LogP contribution is 2.26. The van der Waals surface area contributed by atoms with Gasteiger partial charge in [0.2, 0.25) is 0 Å². The van der Waals surface area contributed by atoms with Crippen molar-refractivity contribution in [3.8, 4) is 0 Å². The van der Waals surface area contributed by atoms with E-state index in [2.05, 4.69) is 34.0 Å². The molecule has 0 saturated carbocycles. The average molecular weight is 280 g/mol. The van der Waals surface area contributed by atoms with Crippen molar-refractivity contribution in [1.29, 1.82) is 0 Å². The monoisotopic (exact) mass is 279 g/mol. The fourth-order valence-electron chi connectivity index (χ4n) is 1.74. The van der Waals surface area contributed by atoms with Gasteiger partial charge in [-0.05, 0) is 24.1 Å². The van der Waals surface area contributed by atoms with E-state index < -0.39 is 0 Å². The molecule has 0 radical (unpaired) electrons. The Morgan fingerprint density at radius 2 is 2.19 bits per heavy atom. The van der Waals surface area contributed by atoms with Gasteiger partial charge in [0.25, 0.3) is 0 Å². The summed E-state index contributed by atoms with van der Waals surface area (Å²) >= 11 is 3.52. The molecule has 0 fully saturated rings. The van der Waals surface area contributed by atoms with Crippen LogP contribution in [0.1, 0.15) is 22.7 Å². The minimum Gasteiger partial charge on any atom is -0.320 e. The van der Waals surface area contributed by atoms with Crippen LogP contribution in [0.15, 0.2) is 35.1 Å². The Hall–Kier alpha value is -1.13. The molecule has 2 N–H and O–H groups in total. The van der Waals surface area contributed by atoms with E-state index in [-0.39, 0.29) is 6.04 Å². The lowest BCUT2D eigenvalue weighted by atomic mass is 9.98. The zero-order chi connectivity index (χ0) is 11.7. The maximum absolute atomic E-state index is 6.23. The summed E-state index contributed by atoms with van der Waals surface area (Å²) in [4.78, 5) is 0. The summed E-state index contributed by atoms with van der Waals surface area (Å²) in [5, 5.41) is 4.14. The number of benzene rings is 1. The molecule has 0 amide bonds. The van der Waals surface area contributed by atoms with Gasteiger partial charge >= 0.3 is 0 Å². The van der Waals surface area contributed by atoms with Crippen LogP contribution in [0, 0.1) is 6.92 Å². The quantitative estimate of drug-likeness (QED) is 0.918. The maximum atomic E-state index is 6.23. The summed E-state index contributed by atoms with van der Waals surface area (Å²) < 4.78 is 2.85. The molecule has 84 valence electrons. The normalized spacial score (nSPS) is 12.8. The number of aromatic nitrogens is 2. The molecule has 0 spiro atoms. The van der Waals surface area contributed by atoms with E-state index in [0.717, 1.165) is 15.6 Å². The second kappa shape index (κ2) is 4.39. The first kappa shape index (κ1) is 11.4. The average Bonchev–Trinajstić information content (AvgIpc) is 2.68. The Kier molecular flexibility index (Phi) is 3.12. The summed E-state index contributed by atoms with van der Waals surface area (Å²) in [5.41, 5.74) is 9.56. The van der Waals surface area contributed by atoms with Crippen molar-refractivity contribution in [1.82, 2.24) is 9.78 Å². The number of rotatable bonds is 2. The Morgan fingerprint density at radius 3 is 2.81 bits per heavy atom. The summed E-state index contributed by atoms with van der Waals surface area (Å²) in [6, 6.07) is 5.96. The largest absolute Gasteiger partial charge is 0.320 e.